The molecule has 0 spiro atoms. The molecule has 2 aromatic heterocycles. The molecule has 2 unspecified atom stereocenters. The number of amides is 1. The van der Waals surface area contributed by atoms with E-state index < -0.39 is 0 Å². The SMILES string of the molecule is O=C(N[C@@H]1CC2CCN(C2)C1)c1cc2ccoc2cn1. The topological polar surface area (TPSA) is 58.4 Å². The maximum absolute atomic E-state index is 12.3. The van der Waals surface area contributed by atoms with Crippen LogP contribution in [-0.2, 0) is 0 Å². The fraction of sp³-hybridized carbons (Fsp3) is 0.467. The second-order valence-electron chi connectivity index (χ2n) is 5.85. The molecule has 104 valence electrons. The van der Waals surface area contributed by atoms with Gasteiger partial charge in [-0.1, -0.05) is 0 Å². The zero-order valence-electron chi connectivity index (χ0n) is 11.2. The fourth-order valence-corrected chi connectivity index (χ4v) is 3.42. The second-order valence-corrected chi connectivity index (χ2v) is 5.85. The van der Waals surface area contributed by atoms with Crippen LogP contribution in [0, 0.1) is 5.92 Å². The van der Waals surface area contributed by atoms with Crippen LogP contribution in [0.25, 0.3) is 11.0 Å². The Morgan fingerprint density at radius 1 is 1.45 bits per heavy atom. The van der Waals surface area contributed by atoms with Gasteiger partial charge in [0.05, 0.1) is 12.5 Å². The van der Waals surface area contributed by atoms with E-state index >= 15 is 0 Å². The first-order valence-corrected chi connectivity index (χ1v) is 7.14. The van der Waals surface area contributed by atoms with Crippen molar-refractivity contribution in [3.63, 3.8) is 0 Å². The minimum Gasteiger partial charge on any atom is -0.463 e. The van der Waals surface area contributed by atoms with Gasteiger partial charge in [0.1, 0.15) is 5.69 Å². The number of nitrogens with one attached hydrogen (secondary N) is 1. The van der Waals surface area contributed by atoms with Gasteiger partial charge >= 0.3 is 0 Å². The molecule has 2 fully saturated rings. The van der Waals surface area contributed by atoms with Crippen molar-refractivity contribution in [2.75, 3.05) is 19.6 Å². The largest absolute Gasteiger partial charge is 0.463 e. The van der Waals surface area contributed by atoms with Crippen LogP contribution in [0.1, 0.15) is 23.3 Å². The van der Waals surface area contributed by atoms with E-state index in [0.29, 0.717) is 11.3 Å². The van der Waals surface area contributed by atoms with Crippen molar-refractivity contribution in [3.05, 3.63) is 30.3 Å². The summed E-state index contributed by atoms with van der Waals surface area (Å²) in [5.74, 6) is 0.666. The lowest BCUT2D eigenvalue weighted by Crippen LogP contribution is -2.47. The van der Waals surface area contributed by atoms with Crippen molar-refractivity contribution in [2.24, 2.45) is 5.92 Å². The molecule has 1 N–H and O–H groups in total. The van der Waals surface area contributed by atoms with E-state index in [0.717, 1.165) is 24.3 Å². The summed E-state index contributed by atoms with van der Waals surface area (Å²) in [4.78, 5) is 18.9. The van der Waals surface area contributed by atoms with Crippen LogP contribution in [0.5, 0.6) is 0 Å². The highest BCUT2D eigenvalue weighted by molar-refractivity contribution is 5.95. The van der Waals surface area contributed by atoms with E-state index in [9.17, 15) is 4.79 Å². The molecule has 5 nitrogen and oxygen atoms in total. The van der Waals surface area contributed by atoms with Crippen molar-refractivity contribution in [2.45, 2.75) is 18.9 Å². The normalized spacial score (nSPS) is 28.7. The van der Waals surface area contributed by atoms with E-state index in [2.05, 4.69) is 15.2 Å². The molecule has 2 bridgehead atoms. The highest BCUT2D eigenvalue weighted by Crippen LogP contribution is 2.26. The number of nitrogens with zero attached hydrogens (tertiary/aromatic N) is 2. The number of hydrogen-bond donors (Lipinski definition) is 1. The van der Waals surface area contributed by atoms with Crippen LogP contribution in [0.2, 0.25) is 0 Å². The molecule has 2 aromatic rings. The van der Waals surface area contributed by atoms with Crippen LogP contribution in [0.4, 0.5) is 0 Å². The third-order valence-electron chi connectivity index (χ3n) is 4.37. The minimum absolute atomic E-state index is 0.0828. The first-order chi connectivity index (χ1) is 9.78. The predicted octanol–water partition coefficient (Wildman–Crippen LogP) is 1.65. The molecule has 3 atom stereocenters. The first kappa shape index (κ1) is 11.9. The van der Waals surface area contributed by atoms with Crippen molar-refractivity contribution in [1.29, 1.82) is 0 Å². The molecule has 20 heavy (non-hydrogen) atoms. The number of aromatic nitrogens is 1. The van der Waals surface area contributed by atoms with Gasteiger partial charge in [-0.2, -0.15) is 0 Å². The summed E-state index contributed by atoms with van der Waals surface area (Å²) >= 11 is 0. The van der Waals surface area contributed by atoms with Crippen LogP contribution in [0.3, 0.4) is 0 Å². The average molecular weight is 271 g/mol. The molecular formula is C15H17N3O2. The van der Waals surface area contributed by atoms with Gasteiger partial charge in [-0.15, -0.1) is 0 Å². The number of carbonyl (C=O) groups is 1. The lowest BCUT2D eigenvalue weighted by Gasteiger charge is -2.30. The van der Waals surface area contributed by atoms with E-state index in [1.165, 1.54) is 19.5 Å². The number of piperidine rings is 1. The number of hydrogen-bond acceptors (Lipinski definition) is 4. The molecule has 2 saturated heterocycles. The zero-order valence-corrected chi connectivity index (χ0v) is 11.2. The van der Waals surface area contributed by atoms with Gasteiger partial charge in [0.25, 0.3) is 5.91 Å². The Kier molecular flexibility index (Phi) is 2.73. The molecule has 2 aliphatic rings. The molecule has 4 rings (SSSR count). The maximum Gasteiger partial charge on any atom is 0.270 e. The Morgan fingerprint density at radius 3 is 3.30 bits per heavy atom. The van der Waals surface area contributed by atoms with Gasteiger partial charge in [-0.3, -0.25) is 4.79 Å². The monoisotopic (exact) mass is 271 g/mol. The number of pyridine rings is 1. The lowest BCUT2D eigenvalue weighted by atomic mass is 9.97. The van der Waals surface area contributed by atoms with Crippen molar-refractivity contribution in [1.82, 2.24) is 15.2 Å². The summed E-state index contributed by atoms with van der Waals surface area (Å²) in [6.45, 7) is 3.35. The van der Waals surface area contributed by atoms with Crippen LogP contribution < -0.4 is 5.32 Å². The van der Waals surface area contributed by atoms with Crippen LogP contribution in [-0.4, -0.2) is 41.5 Å². The van der Waals surface area contributed by atoms with Crippen LogP contribution in [0.15, 0.2) is 29.0 Å². The standard InChI is InChI=1S/C15H17N3O2/c19-15(13-6-11-2-4-20-14(11)7-16-13)17-12-5-10-1-3-18(8-10)9-12/h2,4,6-7,10,12H,1,3,5,8-9H2,(H,17,19)/t10?,12-/m1/s1. The van der Waals surface area contributed by atoms with E-state index in [1.54, 1.807) is 18.5 Å². The number of carbonyl (C=O) groups excluding carboxylic acids is 1. The fourth-order valence-electron chi connectivity index (χ4n) is 3.42. The van der Waals surface area contributed by atoms with Gasteiger partial charge in [-0.25, -0.2) is 4.98 Å². The van der Waals surface area contributed by atoms with Crippen molar-refractivity contribution >= 4 is 16.9 Å². The second kappa shape index (κ2) is 4.59. The van der Waals surface area contributed by atoms with Gasteiger partial charge in [0.15, 0.2) is 5.58 Å². The Hall–Kier alpha value is -1.88. The van der Waals surface area contributed by atoms with Gasteiger partial charge in [0, 0.05) is 24.5 Å². The summed E-state index contributed by atoms with van der Waals surface area (Å²) in [5.41, 5.74) is 1.18. The summed E-state index contributed by atoms with van der Waals surface area (Å²) in [7, 11) is 0. The predicted molar refractivity (Wildman–Crippen MR) is 74.4 cm³/mol. The summed E-state index contributed by atoms with van der Waals surface area (Å²) in [6, 6.07) is 3.89. The van der Waals surface area contributed by atoms with Gasteiger partial charge in [0.2, 0.25) is 0 Å². The minimum atomic E-state index is -0.0828. The Morgan fingerprint density at radius 2 is 2.40 bits per heavy atom. The molecule has 4 heterocycles. The molecule has 0 radical (unpaired) electrons. The molecule has 5 heteroatoms. The molecule has 2 aliphatic heterocycles. The number of rotatable bonds is 2. The van der Waals surface area contributed by atoms with Gasteiger partial charge < -0.3 is 14.6 Å². The number of fused-ring (bicyclic) bond motifs is 3. The smallest absolute Gasteiger partial charge is 0.270 e. The summed E-state index contributed by atoms with van der Waals surface area (Å²) < 4.78 is 5.24. The molecule has 0 aromatic carbocycles. The first-order valence-electron chi connectivity index (χ1n) is 7.14. The Bertz CT molecular complexity index is 639. The molecule has 1 amide bonds. The van der Waals surface area contributed by atoms with Gasteiger partial charge in [-0.05, 0) is 37.4 Å². The number of furan rings is 1. The zero-order chi connectivity index (χ0) is 13.5. The average Bonchev–Trinajstić information content (AvgIpc) is 3.04. The third kappa shape index (κ3) is 2.08. The van der Waals surface area contributed by atoms with Crippen molar-refractivity contribution in [3.8, 4) is 0 Å². The summed E-state index contributed by atoms with van der Waals surface area (Å²) in [6.07, 6.45) is 5.58. The lowest BCUT2D eigenvalue weighted by molar-refractivity contribution is 0.0904. The van der Waals surface area contributed by atoms with Crippen LogP contribution >= 0.6 is 0 Å². The Balaban J connectivity index is 1.49. The highest BCUT2D eigenvalue weighted by atomic mass is 16.3. The summed E-state index contributed by atoms with van der Waals surface area (Å²) in [5, 5.41) is 4.03. The maximum atomic E-state index is 12.3. The van der Waals surface area contributed by atoms with Crippen molar-refractivity contribution < 1.29 is 9.21 Å². The van der Waals surface area contributed by atoms with E-state index in [-0.39, 0.29) is 11.9 Å². The molecule has 0 saturated carbocycles. The van der Waals surface area contributed by atoms with E-state index in [1.807, 2.05) is 6.07 Å². The molecule has 0 aliphatic carbocycles. The quantitative estimate of drug-likeness (QED) is 0.902. The van der Waals surface area contributed by atoms with E-state index in [4.69, 9.17) is 4.42 Å². The molecular weight excluding hydrogens is 254 g/mol. The third-order valence-corrected chi connectivity index (χ3v) is 4.37. The highest BCUT2D eigenvalue weighted by Gasteiger charge is 2.33. The Labute approximate surface area is 117 Å².